The lowest BCUT2D eigenvalue weighted by molar-refractivity contribution is -0.163. The van der Waals surface area contributed by atoms with E-state index in [-0.39, 0.29) is 0 Å². The fourth-order valence-corrected chi connectivity index (χ4v) is 3.97. The normalized spacial score (nSPS) is 12.3. The second-order valence-electron chi connectivity index (χ2n) is 9.42. The van der Waals surface area contributed by atoms with Gasteiger partial charge in [-0.15, -0.1) is 0 Å². The number of aliphatic carboxylic acids is 1. The van der Waals surface area contributed by atoms with Crippen molar-refractivity contribution in [1.29, 1.82) is 0 Å². The average molecular weight is 427 g/mol. The van der Waals surface area contributed by atoms with Crippen molar-refractivity contribution in [3.8, 4) is 0 Å². The van der Waals surface area contributed by atoms with Gasteiger partial charge in [0, 0.05) is 6.92 Å². The first-order chi connectivity index (χ1) is 14.4. The summed E-state index contributed by atoms with van der Waals surface area (Å²) < 4.78 is 4.81. The van der Waals surface area contributed by atoms with E-state index in [1.807, 2.05) is 0 Å². The number of carbonyl (C=O) groups excluding carboxylic acids is 1. The minimum Gasteiger partial charge on any atom is -0.479 e. The molecule has 30 heavy (non-hydrogen) atoms. The number of ether oxygens (including phenoxy) is 1. The Bertz CT molecular complexity index is 406. The second-order valence-corrected chi connectivity index (χ2v) is 9.42. The van der Waals surface area contributed by atoms with E-state index >= 15 is 0 Å². The number of unbranched alkanes of at least 4 members (excludes halogenated alkanes) is 16. The van der Waals surface area contributed by atoms with Crippen LogP contribution in [0.25, 0.3) is 0 Å². The molecule has 4 heteroatoms. The van der Waals surface area contributed by atoms with Crippen LogP contribution in [0.4, 0.5) is 0 Å². The molecule has 0 rings (SSSR count). The van der Waals surface area contributed by atoms with Crippen LogP contribution in [0.1, 0.15) is 143 Å². The molecule has 1 atom stereocenters. The molecule has 0 aromatic heterocycles. The Morgan fingerprint density at radius 2 is 0.900 bits per heavy atom. The molecule has 0 aliphatic rings. The van der Waals surface area contributed by atoms with Gasteiger partial charge in [0.2, 0.25) is 0 Å². The third kappa shape index (κ3) is 21.6. The van der Waals surface area contributed by atoms with E-state index < -0.39 is 18.0 Å². The van der Waals surface area contributed by atoms with Crippen LogP contribution in [0, 0.1) is 5.92 Å². The van der Waals surface area contributed by atoms with Gasteiger partial charge in [-0.1, -0.05) is 123 Å². The molecule has 0 saturated carbocycles. The Labute approximate surface area is 186 Å². The molecule has 0 fully saturated rings. The van der Waals surface area contributed by atoms with Crippen LogP contribution in [0.5, 0.6) is 0 Å². The fraction of sp³-hybridized carbons (Fsp3) is 0.923. The molecule has 1 N–H and O–H groups in total. The van der Waals surface area contributed by atoms with Crippen LogP contribution >= 0.6 is 0 Å². The predicted octanol–water partition coefficient (Wildman–Crippen LogP) is 8.07. The maximum absolute atomic E-state index is 11.0. The van der Waals surface area contributed by atoms with Crippen LogP contribution in [0.2, 0.25) is 0 Å². The molecule has 0 radical (unpaired) electrons. The Hall–Kier alpha value is -1.06. The van der Waals surface area contributed by atoms with Crippen molar-refractivity contribution < 1.29 is 19.4 Å². The minimum absolute atomic E-state index is 0.424. The van der Waals surface area contributed by atoms with E-state index in [4.69, 9.17) is 9.84 Å². The summed E-state index contributed by atoms with van der Waals surface area (Å²) in [6, 6.07) is 0. The zero-order valence-electron chi connectivity index (χ0n) is 20.3. The van der Waals surface area contributed by atoms with E-state index in [1.54, 1.807) is 0 Å². The number of carboxylic acid groups (broad SMARTS) is 1. The van der Waals surface area contributed by atoms with Crippen molar-refractivity contribution in [2.75, 3.05) is 0 Å². The van der Waals surface area contributed by atoms with Crippen LogP contribution in [0.3, 0.4) is 0 Å². The Morgan fingerprint density at radius 1 is 0.600 bits per heavy atom. The summed E-state index contributed by atoms with van der Waals surface area (Å²) in [5.74, 6) is -0.694. The first-order valence-electron chi connectivity index (χ1n) is 12.8. The van der Waals surface area contributed by atoms with Gasteiger partial charge in [-0.3, -0.25) is 4.79 Å². The monoisotopic (exact) mass is 426 g/mol. The summed E-state index contributed by atoms with van der Waals surface area (Å²) in [5.41, 5.74) is 0. The minimum atomic E-state index is -1.04. The van der Waals surface area contributed by atoms with Gasteiger partial charge in [-0.25, -0.2) is 4.79 Å². The first kappa shape index (κ1) is 28.9. The standard InChI is InChI=1S/C26H50O4/c1-23(2)21-19-17-15-13-11-9-7-5-4-6-8-10-12-14-16-18-20-22-25(26(28)29)30-24(3)27/h23,25H,4-22H2,1-3H3,(H,28,29). The molecule has 4 nitrogen and oxygen atoms in total. The lowest BCUT2D eigenvalue weighted by Crippen LogP contribution is -2.25. The van der Waals surface area contributed by atoms with Crippen molar-refractivity contribution in [3.05, 3.63) is 0 Å². The summed E-state index contributed by atoms with van der Waals surface area (Å²) in [4.78, 5) is 21.9. The maximum atomic E-state index is 11.0. The molecule has 0 aliphatic carbocycles. The first-order valence-corrected chi connectivity index (χ1v) is 12.8. The molecular formula is C26H50O4. The maximum Gasteiger partial charge on any atom is 0.345 e. The lowest BCUT2D eigenvalue weighted by Gasteiger charge is -2.11. The van der Waals surface area contributed by atoms with Crippen molar-refractivity contribution in [1.82, 2.24) is 0 Å². The number of carbonyl (C=O) groups is 2. The van der Waals surface area contributed by atoms with Crippen LogP contribution in [-0.4, -0.2) is 23.1 Å². The lowest BCUT2D eigenvalue weighted by atomic mass is 10.0. The Morgan fingerprint density at radius 3 is 1.17 bits per heavy atom. The second kappa shape index (κ2) is 21.2. The highest BCUT2D eigenvalue weighted by molar-refractivity contribution is 5.76. The molecule has 0 bridgehead atoms. The summed E-state index contributed by atoms with van der Waals surface area (Å²) in [6.45, 7) is 5.89. The summed E-state index contributed by atoms with van der Waals surface area (Å²) >= 11 is 0. The van der Waals surface area contributed by atoms with Crippen molar-refractivity contribution >= 4 is 11.9 Å². The van der Waals surface area contributed by atoms with Gasteiger partial charge < -0.3 is 9.84 Å². The molecule has 0 heterocycles. The zero-order chi connectivity index (χ0) is 22.5. The van der Waals surface area contributed by atoms with Crippen molar-refractivity contribution in [2.24, 2.45) is 5.92 Å². The highest BCUT2D eigenvalue weighted by Crippen LogP contribution is 2.16. The third-order valence-electron chi connectivity index (χ3n) is 5.83. The van der Waals surface area contributed by atoms with Gasteiger partial charge in [-0.2, -0.15) is 0 Å². The Balaban J connectivity index is 3.23. The quantitative estimate of drug-likeness (QED) is 0.140. The smallest absolute Gasteiger partial charge is 0.345 e. The fourth-order valence-electron chi connectivity index (χ4n) is 3.97. The van der Waals surface area contributed by atoms with Gasteiger partial charge >= 0.3 is 11.9 Å². The number of hydrogen-bond acceptors (Lipinski definition) is 3. The molecule has 0 aliphatic heterocycles. The SMILES string of the molecule is CC(=O)OC(CCCCCCCCCCCCCCCCCCCC(C)C)C(=O)O. The number of rotatable bonds is 22. The number of carboxylic acids is 1. The van der Waals surface area contributed by atoms with Crippen LogP contribution < -0.4 is 0 Å². The van der Waals surface area contributed by atoms with E-state index in [1.165, 1.54) is 103 Å². The van der Waals surface area contributed by atoms with Gasteiger partial charge in [0.15, 0.2) is 6.10 Å². The average Bonchev–Trinajstić information content (AvgIpc) is 2.68. The largest absolute Gasteiger partial charge is 0.479 e. The van der Waals surface area contributed by atoms with Crippen LogP contribution in [-0.2, 0) is 14.3 Å². The van der Waals surface area contributed by atoms with Gasteiger partial charge in [-0.05, 0) is 18.8 Å². The highest BCUT2D eigenvalue weighted by Gasteiger charge is 2.19. The topological polar surface area (TPSA) is 63.6 Å². The van der Waals surface area contributed by atoms with E-state index in [9.17, 15) is 9.59 Å². The molecule has 0 aromatic rings. The predicted molar refractivity (Wildman–Crippen MR) is 126 cm³/mol. The van der Waals surface area contributed by atoms with Gasteiger partial charge in [0.1, 0.15) is 0 Å². The highest BCUT2D eigenvalue weighted by atomic mass is 16.6. The molecule has 1 unspecified atom stereocenters. The third-order valence-corrected chi connectivity index (χ3v) is 5.83. The molecule has 0 amide bonds. The van der Waals surface area contributed by atoms with Gasteiger partial charge in [0.25, 0.3) is 0 Å². The Kier molecular flexibility index (Phi) is 20.4. The zero-order valence-corrected chi connectivity index (χ0v) is 20.3. The van der Waals surface area contributed by atoms with E-state index in [2.05, 4.69) is 13.8 Å². The van der Waals surface area contributed by atoms with Gasteiger partial charge in [0.05, 0.1) is 0 Å². The van der Waals surface area contributed by atoms with Crippen LogP contribution in [0.15, 0.2) is 0 Å². The number of hydrogen-bond donors (Lipinski definition) is 1. The molecule has 0 spiro atoms. The van der Waals surface area contributed by atoms with Crippen molar-refractivity contribution in [2.45, 2.75) is 149 Å². The number of esters is 1. The summed E-state index contributed by atoms with van der Waals surface area (Å²) in [6.07, 6.45) is 23.1. The molecule has 0 saturated heterocycles. The summed E-state index contributed by atoms with van der Waals surface area (Å²) in [5, 5.41) is 9.00. The van der Waals surface area contributed by atoms with Crippen molar-refractivity contribution in [3.63, 3.8) is 0 Å². The summed E-state index contributed by atoms with van der Waals surface area (Å²) in [7, 11) is 0. The molecule has 0 aromatic carbocycles. The molecular weight excluding hydrogens is 376 g/mol. The molecule has 178 valence electrons. The van der Waals surface area contributed by atoms with E-state index in [0.29, 0.717) is 6.42 Å². The van der Waals surface area contributed by atoms with E-state index in [0.717, 1.165) is 25.2 Å².